The molecule has 26 heavy (non-hydrogen) atoms. The lowest BCUT2D eigenvalue weighted by atomic mass is 9.95. The largest absolute Gasteiger partial charge is 0.394 e. The van der Waals surface area contributed by atoms with Crippen molar-refractivity contribution in [1.29, 1.82) is 0 Å². The van der Waals surface area contributed by atoms with E-state index in [1.54, 1.807) is 16.0 Å². The summed E-state index contributed by atoms with van der Waals surface area (Å²) in [6, 6.07) is 4.19. The van der Waals surface area contributed by atoms with Crippen LogP contribution in [0.4, 0.5) is 0 Å². The van der Waals surface area contributed by atoms with Crippen molar-refractivity contribution >= 4 is 17.2 Å². The Hall–Kier alpha value is -1.66. The number of aliphatic hydroxyl groups excluding tert-OH is 1. The molecule has 2 aliphatic rings. The number of aliphatic hydroxyl groups is 1. The van der Waals surface area contributed by atoms with Gasteiger partial charge in [-0.05, 0) is 56.2 Å². The fourth-order valence-electron chi connectivity index (χ4n) is 4.15. The Labute approximate surface area is 158 Å². The quantitative estimate of drug-likeness (QED) is 0.837. The maximum Gasteiger partial charge on any atom is 0.263 e. The van der Waals surface area contributed by atoms with E-state index in [0.29, 0.717) is 12.5 Å². The van der Waals surface area contributed by atoms with Crippen molar-refractivity contribution < 1.29 is 9.90 Å². The van der Waals surface area contributed by atoms with E-state index in [1.807, 2.05) is 17.2 Å². The molecular weight excluding hydrogens is 346 g/mol. The zero-order valence-electron chi connectivity index (χ0n) is 15.2. The van der Waals surface area contributed by atoms with E-state index in [9.17, 15) is 4.79 Å². The van der Waals surface area contributed by atoms with E-state index < -0.39 is 0 Å². The first-order valence-electron chi connectivity index (χ1n) is 9.79. The van der Waals surface area contributed by atoms with E-state index in [0.717, 1.165) is 49.3 Å². The molecular formula is C20H27N3O2S. The number of nitrogens with zero attached hydrogens (tertiary/aromatic N) is 3. The standard InChI is InChI=1S/C20H27N3O2S/c24-12-11-23-10-8-17(21-23)16-6-4-9-22(14-16)20(25)19-13-15-5-2-1-3-7-18(15)26-19/h8,10,13,16,24H,1-7,9,11-12,14H2/t16-/m1/s1. The number of likely N-dealkylation sites (tertiary alicyclic amines) is 1. The molecule has 1 amide bonds. The van der Waals surface area contributed by atoms with Gasteiger partial charge in [-0.15, -0.1) is 11.3 Å². The number of rotatable bonds is 4. The van der Waals surface area contributed by atoms with Crippen molar-refractivity contribution in [2.45, 2.75) is 57.4 Å². The van der Waals surface area contributed by atoms with Crippen LogP contribution in [0.5, 0.6) is 0 Å². The molecule has 2 aromatic heterocycles. The van der Waals surface area contributed by atoms with Gasteiger partial charge in [-0.25, -0.2) is 0 Å². The smallest absolute Gasteiger partial charge is 0.263 e. The first kappa shape index (κ1) is 17.7. The van der Waals surface area contributed by atoms with Crippen molar-refractivity contribution in [2.24, 2.45) is 0 Å². The number of fused-ring (bicyclic) bond motifs is 1. The summed E-state index contributed by atoms with van der Waals surface area (Å²) in [6.07, 6.45) is 10.1. The molecule has 1 saturated heterocycles. The van der Waals surface area contributed by atoms with Gasteiger partial charge in [-0.1, -0.05) is 6.42 Å². The van der Waals surface area contributed by atoms with E-state index in [2.05, 4.69) is 11.2 Å². The highest BCUT2D eigenvalue weighted by Gasteiger charge is 2.28. The lowest BCUT2D eigenvalue weighted by Crippen LogP contribution is -2.39. The molecule has 0 aromatic carbocycles. The third kappa shape index (κ3) is 3.71. The molecule has 1 aliphatic heterocycles. The van der Waals surface area contributed by atoms with Crippen LogP contribution in [0.25, 0.3) is 0 Å². The highest BCUT2D eigenvalue weighted by molar-refractivity contribution is 7.14. The molecule has 0 bridgehead atoms. The summed E-state index contributed by atoms with van der Waals surface area (Å²) in [5.41, 5.74) is 2.45. The number of carbonyl (C=O) groups is 1. The summed E-state index contributed by atoms with van der Waals surface area (Å²) < 4.78 is 1.78. The van der Waals surface area contributed by atoms with Crippen molar-refractivity contribution in [1.82, 2.24) is 14.7 Å². The number of hydrogen-bond acceptors (Lipinski definition) is 4. The van der Waals surface area contributed by atoms with Gasteiger partial charge >= 0.3 is 0 Å². The fraction of sp³-hybridized carbons (Fsp3) is 0.600. The first-order chi connectivity index (χ1) is 12.7. The highest BCUT2D eigenvalue weighted by Crippen LogP contribution is 2.32. The molecule has 0 unspecified atom stereocenters. The van der Waals surface area contributed by atoms with Gasteiger partial charge in [0.05, 0.1) is 23.7 Å². The molecule has 1 aliphatic carbocycles. The summed E-state index contributed by atoms with van der Waals surface area (Å²) in [5.74, 6) is 0.494. The molecule has 140 valence electrons. The van der Waals surface area contributed by atoms with Gasteiger partial charge in [0.25, 0.3) is 5.91 Å². The molecule has 6 heteroatoms. The molecule has 0 saturated carbocycles. The lowest BCUT2D eigenvalue weighted by Gasteiger charge is -2.31. The third-order valence-corrected chi connectivity index (χ3v) is 6.80. The predicted octanol–water partition coefficient (Wildman–Crippen LogP) is 3.23. The van der Waals surface area contributed by atoms with Crippen LogP contribution in [0.2, 0.25) is 0 Å². The molecule has 3 heterocycles. The second-order valence-electron chi connectivity index (χ2n) is 7.44. The maximum atomic E-state index is 13.1. The summed E-state index contributed by atoms with van der Waals surface area (Å²) in [7, 11) is 0. The van der Waals surface area contributed by atoms with Gasteiger partial charge in [0.15, 0.2) is 0 Å². The number of piperidine rings is 1. The predicted molar refractivity (Wildman–Crippen MR) is 103 cm³/mol. The van der Waals surface area contributed by atoms with E-state index in [-0.39, 0.29) is 12.5 Å². The molecule has 0 radical (unpaired) electrons. The topological polar surface area (TPSA) is 58.4 Å². The Kier molecular flexibility index (Phi) is 5.41. The van der Waals surface area contributed by atoms with Crippen LogP contribution < -0.4 is 0 Å². The Bertz CT molecular complexity index is 743. The van der Waals surface area contributed by atoms with Crippen molar-refractivity contribution in [3.8, 4) is 0 Å². The molecule has 2 aromatic rings. The third-order valence-electron chi connectivity index (χ3n) is 5.57. The van der Waals surface area contributed by atoms with Gasteiger partial charge in [-0.3, -0.25) is 9.48 Å². The maximum absolute atomic E-state index is 13.1. The van der Waals surface area contributed by atoms with Crippen LogP contribution in [-0.2, 0) is 19.4 Å². The van der Waals surface area contributed by atoms with Crippen LogP contribution in [0.3, 0.4) is 0 Å². The van der Waals surface area contributed by atoms with Crippen LogP contribution in [-0.4, -0.2) is 45.4 Å². The first-order valence-corrected chi connectivity index (χ1v) is 10.6. The van der Waals surface area contributed by atoms with Crippen molar-refractivity contribution in [3.63, 3.8) is 0 Å². The molecule has 0 spiro atoms. The second-order valence-corrected chi connectivity index (χ2v) is 8.57. The van der Waals surface area contributed by atoms with E-state index in [1.165, 1.54) is 29.7 Å². The fourth-order valence-corrected chi connectivity index (χ4v) is 5.38. The second kappa shape index (κ2) is 7.92. The van der Waals surface area contributed by atoms with Crippen LogP contribution in [0.15, 0.2) is 18.3 Å². The Morgan fingerprint density at radius 1 is 1.27 bits per heavy atom. The zero-order valence-corrected chi connectivity index (χ0v) is 16.0. The number of amides is 1. The van der Waals surface area contributed by atoms with Gasteiger partial charge in [0.1, 0.15) is 0 Å². The Morgan fingerprint density at radius 2 is 2.15 bits per heavy atom. The SMILES string of the molecule is O=C(c1cc2c(s1)CCCCC2)N1CCC[C@@H](c2ccn(CCO)n2)C1. The Morgan fingerprint density at radius 3 is 3.04 bits per heavy atom. The summed E-state index contributed by atoms with van der Waals surface area (Å²) in [4.78, 5) is 17.4. The van der Waals surface area contributed by atoms with E-state index >= 15 is 0 Å². The van der Waals surface area contributed by atoms with Gasteiger partial charge < -0.3 is 10.0 Å². The lowest BCUT2D eigenvalue weighted by molar-refractivity contribution is 0.0710. The molecule has 4 rings (SSSR count). The minimum atomic E-state index is 0.0967. The minimum absolute atomic E-state index is 0.0967. The van der Waals surface area contributed by atoms with Crippen LogP contribution in [0.1, 0.15) is 63.8 Å². The van der Waals surface area contributed by atoms with Crippen LogP contribution >= 0.6 is 11.3 Å². The highest BCUT2D eigenvalue weighted by atomic mass is 32.1. The Balaban J connectivity index is 1.46. The van der Waals surface area contributed by atoms with Gasteiger partial charge in [0, 0.05) is 30.1 Å². The molecule has 5 nitrogen and oxygen atoms in total. The van der Waals surface area contributed by atoms with Gasteiger partial charge in [-0.2, -0.15) is 5.10 Å². The monoisotopic (exact) mass is 373 g/mol. The zero-order chi connectivity index (χ0) is 17.9. The molecule has 1 N–H and O–H groups in total. The average Bonchev–Trinajstić information content (AvgIpc) is 3.24. The normalized spacial score (nSPS) is 20.7. The number of thiophene rings is 1. The van der Waals surface area contributed by atoms with Gasteiger partial charge in [0.2, 0.25) is 0 Å². The molecule has 1 fully saturated rings. The number of hydrogen-bond donors (Lipinski definition) is 1. The average molecular weight is 374 g/mol. The summed E-state index contributed by atoms with van der Waals surface area (Å²) >= 11 is 1.72. The van der Waals surface area contributed by atoms with Crippen molar-refractivity contribution in [2.75, 3.05) is 19.7 Å². The summed E-state index contributed by atoms with van der Waals surface area (Å²) in [6.45, 7) is 2.21. The van der Waals surface area contributed by atoms with Crippen molar-refractivity contribution in [3.05, 3.63) is 39.3 Å². The summed E-state index contributed by atoms with van der Waals surface area (Å²) in [5, 5.41) is 13.6. The number of aryl methyl sites for hydroxylation is 2. The number of aromatic nitrogens is 2. The number of carbonyl (C=O) groups excluding carboxylic acids is 1. The minimum Gasteiger partial charge on any atom is -0.394 e. The van der Waals surface area contributed by atoms with Crippen LogP contribution in [0, 0.1) is 0 Å². The molecule has 1 atom stereocenters. The van der Waals surface area contributed by atoms with E-state index in [4.69, 9.17) is 5.11 Å².